The lowest BCUT2D eigenvalue weighted by atomic mass is 9.85. The molecular formula is C17H20. The van der Waals surface area contributed by atoms with Crippen molar-refractivity contribution in [2.24, 2.45) is 0 Å². The fourth-order valence-corrected chi connectivity index (χ4v) is 2.47. The van der Waals surface area contributed by atoms with Crippen molar-refractivity contribution in [3.05, 3.63) is 70.8 Å². The predicted octanol–water partition coefficient (Wildman–Crippen LogP) is 4.85. The minimum absolute atomic E-state index is 0.524. The third-order valence-corrected chi connectivity index (χ3v) is 3.63. The molecule has 0 aliphatic carbocycles. The van der Waals surface area contributed by atoms with E-state index < -0.39 is 0 Å². The molecule has 0 saturated carbocycles. The van der Waals surface area contributed by atoms with Crippen molar-refractivity contribution in [3.63, 3.8) is 0 Å². The van der Waals surface area contributed by atoms with Gasteiger partial charge in [-0.2, -0.15) is 0 Å². The monoisotopic (exact) mass is 224 g/mol. The Bertz CT molecular complexity index is 483. The summed E-state index contributed by atoms with van der Waals surface area (Å²) in [5.74, 6) is 0.524. The molecule has 0 aliphatic heterocycles. The SMILES string of the molecule is CCC(c1ccccc1)c1cccc(C)c1C. The van der Waals surface area contributed by atoms with Crippen molar-refractivity contribution in [1.29, 1.82) is 0 Å². The Morgan fingerprint density at radius 1 is 0.882 bits per heavy atom. The van der Waals surface area contributed by atoms with E-state index >= 15 is 0 Å². The largest absolute Gasteiger partial charge is 0.0645 e. The lowest BCUT2D eigenvalue weighted by Crippen LogP contribution is -2.02. The van der Waals surface area contributed by atoms with Gasteiger partial charge in [0, 0.05) is 5.92 Å². The van der Waals surface area contributed by atoms with Crippen LogP contribution < -0.4 is 0 Å². The van der Waals surface area contributed by atoms with E-state index in [4.69, 9.17) is 0 Å². The third-order valence-electron chi connectivity index (χ3n) is 3.63. The molecular weight excluding hydrogens is 204 g/mol. The maximum absolute atomic E-state index is 2.27. The molecule has 17 heavy (non-hydrogen) atoms. The van der Waals surface area contributed by atoms with Crippen molar-refractivity contribution in [2.75, 3.05) is 0 Å². The normalized spacial score (nSPS) is 12.4. The Balaban J connectivity index is 2.46. The van der Waals surface area contributed by atoms with Crippen LogP contribution in [0.15, 0.2) is 48.5 Å². The molecule has 0 heterocycles. The van der Waals surface area contributed by atoms with Gasteiger partial charge >= 0.3 is 0 Å². The molecule has 0 nitrogen and oxygen atoms in total. The summed E-state index contributed by atoms with van der Waals surface area (Å²) in [5.41, 5.74) is 5.71. The highest BCUT2D eigenvalue weighted by Gasteiger charge is 2.14. The molecule has 0 bridgehead atoms. The van der Waals surface area contributed by atoms with E-state index in [0.717, 1.165) is 6.42 Å². The Hall–Kier alpha value is -1.56. The molecule has 0 heteroatoms. The van der Waals surface area contributed by atoms with E-state index in [1.165, 1.54) is 22.3 Å². The second-order valence-electron chi connectivity index (χ2n) is 4.66. The molecule has 0 radical (unpaired) electrons. The van der Waals surface area contributed by atoms with E-state index in [-0.39, 0.29) is 0 Å². The number of hydrogen-bond donors (Lipinski definition) is 0. The van der Waals surface area contributed by atoms with Crippen LogP contribution in [0.2, 0.25) is 0 Å². The molecule has 1 unspecified atom stereocenters. The lowest BCUT2D eigenvalue weighted by Gasteiger charge is -2.19. The predicted molar refractivity (Wildman–Crippen MR) is 74.5 cm³/mol. The first kappa shape index (κ1) is 11.9. The standard InChI is InChI=1S/C17H20/c1-4-16(15-10-6-5-7-11-15)17-12-8-9-13(2)14(17)3/h5-12,16H,4H2,1-3H3. The first-order valence-electron chi connectivity index (χ1n) is 6.35. The van der Waals surface area contributed by atoms with Gasteiger partial charge in [0.25, 0.3) is 0 Å². The maximum atomic E-state index is 2.27. The van der Waals surface area contributed by atoms with Crippen LogP contribution in [0.1, 0.15) is 41.5 Å². The first-order valence-corrected chi connectivity index (χ1v) is 6.35. The second kappa shape index (κ2) is 5.18. The van der Waals surface area contributed by atoms with Crippen molar-refractivity contribution >= 4 is 0 Å². The summed E-state index contributed by atoms with van der Waals surface area (Å²) in [6.45, 7) is 6.69. The summed E-state index contributed by atoms with van der Waals surface area (Å²) in [4.78, 5) is 0. The number of rotatable bonds is 3. The van der Waals surface area contributed by atoms with Gasteiger partial charge in [-0.15, -0.1) is 0 Å². The van der Waals surface area contributed by atoms with Crippen molar-refractivity contribution < 1.29 is 0 Å². The molecule has 2 aromatic carbocycles. The average molecular weight is 224 g/mol. The molecule has 2 rings (SSSR count). The fraction of sp³-hybridized carbons (Fsp3) is 0.294. The Morgan fingerprint density at radius 3 is 2.24 bits per heavy atom. The molecule has 0 amide bonds. The van der Waals surface area contributed by atoms with Crippen LogP contribution in [0.4, 0.5) is 0 Å². The lowest BCUT2D eigenvalue weighted by molar-refractivity contribution is 0.770. The Kier molecular flexibility index (Phi) is 3.63. The van der Waals surface area contributed by atoms with Gasteiger partial charge in [0.2, 0.25) is 0 Å². The molecule has 0 N–H and O–H groups in total. The first-order chi connectivity index (χ1) is 8.24. The summed E-state index contributed by atoms with van der Waals surface area (Å²) in [5, 5.41) is 0. The van der Waals surface area contributed by atoms with Gasteiger partial charge in [0.05, 0.1) is 0 Å². The summed E-state index contributed by atoms with van der Waals surface area (Å²) in [6, 6.07) is 17.4. The number of hydrogen-bond acceptors (Lipinski definition) is 0. The molecule has 0 aromatic heterocycles. The van der Waals surface area contributed by atoms with Gasteiger partial charge in [-0.25, -0.2) is 0 Å². The van der Waals surface area contributed by atoms with Crippen molar-refractivity contribution in [2.45, 2.75) is 33.1 Å². The molecule has 0 aliphatic rings. The molecule has 0 saturated heterocycles. The Morgan fingerprint density at radius 2 is 1.59 bits per heavy atom. The zero-order valence-corrected chi connectivity index (χ0v) is 10.9. The number of aryl methyl sites for hydroxylation is 1. The van der Waals surface area contributed by atoms with Crippen LogP contribution in [0.5, 0.6) is 0 Å². The second-order valence-corrected chi connectivity index (χ2v) is 4.66. The van der Waals surface area contributed by atoms with E-state index in [1.807, 2.05) is 0 Å². The molecule has 0 spiro atoms. The van der Waals surface area contributed by atoms with Crippen LogP contribution in [0, 0.1) is 13.8 Å². The van der Waals surface area contributed by atoms with E-state index in [1.54, 1.807) is 0 Å². The minimum atomic E-state index is 0.524. The summed E-state index contributed by atoms with van der Waals surface area (Å²) in [6.07, 6.45) is 1.15. The molecule has 0 fully saturated rings. The maximum Gasteiger partial charge on any atom is 0.00894 e. The molecule has 2 aromatic rings. The fourth-order valence-electron chi connectivity index (χ4n) is 2.47. The highest BCUT2D eigenvalue weighted by Crippen LogP contribution is 2.30. The molecule has 1 atom stereocenters. The van der Waals surface area contributed by atoms with Crippen LogP contribution in [-0.4, -0.2) is 0 Å². The summed E-state index contributed by atoms with van der Waals surface area (Å²) >= 11 is 0. The van der Waals surface area contributed by atoms with Gasteiger partial charge in [0.1, 0.15) is 0 Å². The zero-order chi connectivity index (χ0) is 12.3. The third kappa shape index (κ3) is 2.41. The highest BCUT2D eigenvalue weighted by molar-refractivity contribution is 5.40. The smallest absolute Gasteiger partial charge is 0.00894 e. The average Bonchev–Trinajstić information content (AvgIpc) is 2.37. The van der Waals surface area contributed by atoms with Gasteiger partial charge in [-0.3, -0.25) is 0 Å². The van der Waals surface area contributed by atoms with Crippen LogP contribution in [-0.2, 0) is 0 Å². The van der Waals surface area contributed by atoms with Crippen molar-refractivity contribution in [1.82, 2.24) is 0 Å². The van der Waals surface area contributed by atoms with Crippen LogP contribution in [0.25, 0.3) is 0 Å². The van der Waals surface area contributed by atoms with Gasteiger partial charge < -0.3 is 0 Å². The summed E-state index contributed by atoms with van der Waals surface area (Å²) < 4.78 is 0. The van der Waals surface area contributed by atoms with Gasteiger partial charge in [-0.05, 0) is 42.5 Å². The number of benzene rings is 2. The van der Waals surface area contributed by atoms with E-state index in [2.05, 4.69) is 69.3 Å². The van der Waals surface area contributed by atoms with E-state index in [0.29, 0.717) is 5.92 Å². The van der Waals surface area contributed by atoms with Gasteiger partial charge in [0.15, 0.2) is 0 Å². The quantitative estimate of drug-likeness (QED) is 0.699. The summed E-state index contributed by atoms with van der Waals surface area (Å²) in [7, 11) is 0. The molecule has 88 valence electrons. The van der Waals surface area contributed by atoms with Crippen LogP contribution in [0.3, 0.4) is 0 Å². The zero-order valence-electron chi connectivity index (χ0n) is 10.9. The van der Waals surface area contributed by atoms with E-state index in [9.17, 15) is 0 Å². The van der Waals surface area contributed by atoms with Gasteiger partial charge in [-0.1, -0.05) is 55.5 Å². The van der Waals surface area contributed by atoms with Crippen molar-refractivity contribution in [3.8, 4) is 0 Å². The highest BCUT2D eigenvalue weighted by atomic mass is 14.2. The topological polar surface area (TPSA) is 0 Å². The Labute approximate surface area is 104 Å². The van der Waals surface area contributed by atoms with Crippen LogP contribution >= 0.6 is 0 Å². The minimum Gasteiger partial charge on any atom is -0.0645 e.